The van der Waals surface area contributed by atoms with Crippen LogP contribution in [-0.4, -0.2) is 55.0 Å². The summed E-state index contributed by atoms with van der Waals surface area (Å²) in [7, 11) is 0. The lowest BCUT2D eigenvalue weighted by atomic mass is 9.57. The number of rotatable bonds is 5. The molecule has 6 nitrogen and oxygen atoms in total. The van der Waals surface area contributed by atoms with Gasteiger partial charge in [0.05, 0.1) is 6.10 Å². The Labute approximate surface area is 143 Å². The maximum absolute atomic E-state index is 6.01. The first-order chi connectivity index (χ1) is 11.8. The van der Waals surface area contributed by atoms with Crippen LogP contribution in [0.3, 0.4) is 0 Å². The van der Waals surface area contributed by atoms with Crippen molar-refractivity contribution in [1.29, 1.82) is 0 Å². The van der Waals surface area contributed by atoms with Gasteiger partial charge in [0.2, 0.25) is 0 Å². The number of nitrogens with one attached hydrogen (secondary N) is 1. The molecule has 2 aliphatic heterocycles. The van der Waals surface area contributed by atoms with Gasteiger partial charge in [-0.2, -0.15) is 0 Å². The summed E-state index contributed by atoms with van der Waals surface area (Å²) in [5, 5.41) is 3.68. The Bertz CT molecular complexity index is 556. The first-order valence-corrected chi connectivity index (χ1v) is 9.35. The Hall–Kier alpha value is -1.40. The molecule has 2 saturated heterocycles. The zero-order chi connectivity index (χ0) is 16.4. The summed E-state index contributed by atoms with van der Waals surface area (Å²) in [6, 6.07) is 2.52. The fraction of sp³-hybridized carbons (Fsp3) is 0.778. The van der Waals surface area contributed by atoms with Crippen LogP contribution in [0.4, 0.5) is 11.6 Å². The Morgan fingerprint density at radius 1 is 1.29 bits per heavy atom. The van der Waals surface area contributed by atoms with E-state index < -0.39 is 0 Å². The van der Waals surface area contributed by atoms with Crippen LogP contribution in [0.2, 0.25) is 0 Å². The second-order valence-electron chi connectivity index (χ2n) is 7.18. The molecule has 3 aliphatic rings. The fourth-order valence-electron chi connectivity index (χ4n) is 4.53. The summed E-state index contributed by atoms with van der Waals surface area (Å²) in [4.78, 5) is 11.3. The molecule has 0 amide bonds. The van der Waals surface area contributed by atoms with Crippen LogP contribution in [0, 0.1) is 5.41 Å². The molecule has 1 N–H and O–H groups in total. The van der Waals surface area contributed by atoms with Crippen molar-refractivity contribution in [3.05, 3.63) is 12.4 Å². The van der Waals surface area contributed by atoms with Crippen LogP contribution in [0.1, 0.15) is 39.0 Å². The topological polar surface area (TPSA) is 59.5 Å². The first kappa shape index (κ1) is 16.1. The molecular weight excluding hydrogens is 304 g/mol. The van der Waals surface area contributed by atoms with Crippen LogP contribution < -0.4 is 10.2 Å². The number of hydrogen-bond acceptors (Lipinski definition) is 6. The summed E-state index contributed by atoms with van der Waals surface area (Å²) < 4.78 is 11.6. The molecule has 0 radical (unpaired) electrons. The number of aromatic nitrogens is 2. The van der Waals surface area contributed by atoms with E-state index in [0.717, 1.165) is 63.8 Å². The summed E-state index contributed by atoms with van der Waals surface area (Å²) in [5.74, 6) is 1.99. The normalized spacial score (nSPS) is 28.8. The molecule has 1 saturated carbocycles. The smallest absolute Gasteiger partial charge is 0.134 e. The Morgan fingerprint density at radius 2 is 2.08 bits per heavy atom. The van der Waals surface area contributed by atoms with Gasteiger partial charge in [-0.3, -0.25) is 0 Å². The van der Waals surface area contributed by atoms with Gasteiger partial charge in [0, 0.05) is 50.4 Å². The molecule has 0 bridgehead atoms. The highest BCUT2D eigenvalue weighted by Crippen LogP contribution is 2.51. The van der Waals surface area contributed by atoms with Crippen LogP contribution in [0.15, 0.2) is 12.4 Å². The van der Waals surface area contributed by atoms with Gasteiger partial charge in [-0.1, -0.05) is 0 Å². The van der Waals surface area contributed by atoms with E-state index in [1.165, 1.54) is 12.8 Å². The monoisotopic (exact) mass is 332 g/mol. The highest BCUT2D eigenvalue weighted by Gasteiger charge is 2.56. The molecule has 0 aromatic carbocycles. The van der Waals surface area contributed by atoms with Gasteiger partial charge in [-0.15, -0.1) is 0 Å². The highest BCUT2D eigenvalue weighted by atomic mass is 16.5. The predicted molar refractivity (Wildman–Crippen MR) is 93.4 cm³/mol. The van der Waals surface area contributed by atoms with E-state index >= 15 is 0 Å². The molecule has 1 spiro atoms. The molecule has 3 heterocycles. The minimum absolute atomic E-state index is 0.201. The van der Waals surface area contributed by atoms with Crippen molar-refractivity contribution in [3.63, 3.8) is 0 Å². The average Bonchev–Trinajstić information content (AvgIpc) is 3.17. The van der Waals surface area contributed by atoms with Crippen LogP contribution in [0.25, 0.3) is 0 Å². The van der Waals surface area contributed by atoms with Crippen molar-refractivity contribution in [3.8, 4) is 0 Å². The summed E-state index contributed by atoms with van der Waals surface area (Å²) >= 11 is 0. The van der Waals surface area contributed by atoms with Gasteiger partial charge >= 0.3 is 0 Å². The molecule has 1 aromatic rings. The number of hydrogen-bond donors (Lipinski definition) is 1. The van der Waals surface area contributed by atoms with Crippen molar-refractivity contribution in [1.82, 2.24) is 9.97 Å². The molecule has 2 atom stereocenters. The molecule has 1 aliphatic carbocycles. The molecular formula is C18H28N4O2. The second kappa shape index (κ2) is 6.84. The van der Waals surface area contributed by atoms with Crippen molar-refractivity contribution in [2.45, 2.75) is 51.2 Å². The molecule has 24 heavy (non-hydrogen) atoms. The average molecular weight is 332 g/mol. The lowest BCUT2D eigenvalue weighted by molar-refractivity contribution is -0.159. The van der Waals surface area contributed by atoms with E-state index in [9.17, 15) is 0 Å². The Morgan fingerprint density at radius 3 is 2.83 bits per heavy atom. The third-order valence-corrected chi connectivity index (χ3v) is 5.98. The van der Waals surface area contributed by atoms with E-state index in [-0.39, 0.29) is 5.41 Å². The first-order valence-electron chi connectivity index (χ1n) is 9.35. The third-order valence-electron chi connectivity index (χ3n) is 5.98. The van der Waals surface area contributed by atoms with Gasteiger partial charge in [0.1, 0.15) is 18.0 Å². The van der Waals surface area contributed by atoms with Crippen molar-refractivity contribution in [2.75, 3.05) is 43.1 Å². The Kier molecular flexibility index (Phi) is 4.59. The largest absolute Gasteiger partial charge is 0.381 e. The summed E-state index contributed by atoms with van der Waals surface area (Å²) in [6.45, 7) is 6.75. The second-order valence-corrected chi connectivity index (χ2v) is 7.18. The van der Waals surface area contributed by atoms with E-state index in [1.807, 2.05) is 0 Å². The van der Waals surface area contributed by atoms with Gasteiger partial charge in [-0.05, 0) is 39.0 Å². The zero-order valence-electron chi connectivity index (χ0n) is 14.5. The molecule has 1 aromatic heterocycles. The number of anilines is 2. The molecule has 4 rings (SSSR count). The lowest BCUT2D eigenvalue weighted by Crippen LogP contribution is -2.63. The van der Waals surface area contributed by atoms with Crippen LogP contribution >= 0.6 is 0 Å². The maximum atomic E-state index is 6.01. The molecule has 2 unspecified atom stereocenters. The molecule has 3 fully saturated rings. The van der Waals surface area contributed by atoms with Gasteiger partial charge < -0.3 is 19.7 Å². The summed E-state index contributed by atoms with van der Waals surface area (Å²) in [5.41, 5.74) is 0.201. The molecule has 132 valence electrons. The Balaban J connectivity index is 1.47. The standard InChI is InChI=1S/C18H28N4O2/c1-2-24-15-11-14(18(15)5-9-23-10-6-18)21-16-12-17(20-13-19-16)22-7-3-4-8-22/h12-15H,2-11H2,1H3,(H,19,20,21). The van der Waals surface area contributed by atoms with Crippen molar-refractivity contribution >= 4 is 11.6 Å². The predicted octanol–water partition coefficient (Wildman–Crippen LogP) is 2.46. The SMILES string of the molecule is CCOC1CC(Nc2cc(N3CCCC3)ncn2)C12CCOCC2. The van der Waals surface area contributed by atoms with E-state index in [0.29, 0.717) is 12.1 Å². The van der Waals surface area contributed by atoms with Gasteiger partial charge in [-0.25, -0.2) is 9.97 Å². The quantitative estimate of drug-likeness (QED) is 0.894. The minimum Gasteiger partial charge on any atom is -0.381 e. The van der Waals surface area contributed by atoms with Gasteiger partial charge in [0.25, 0.3) is 0 Å². The highest BCUT2D eigenvalue weighted by molar-refractivity contribution is 5.50. The number of nitrogens with zero attached hydrogens (tertiary/aromatic N) is 3. The van der Waals surface area contributed by atoms with Crippen molar-refractivity contribution in [2.24, 2.45) is 5.41 Å². The summed E-state index contributed by atoms with van der Waals surface area (Å²) in [6.07, 6.45) is 7.74. The number of ether oxygens (including phenoxy) is 2. The van der Waals surface area contributed by atoms with Gasteiger partial charge in [0.15, 0.2) is 0 Å². The van der Waals surface area contributed by atoms with E-state index in [2.05, 4.69) is 33.2 Å². The van der Waals surface area contributed by atoms with E-state index in [1.54, 1.807) is 6.33 Å². The van der Waals surface area contributed by atoms with E-state index in [4.69, 9.17) is 9.47 Å². The lowest BCUT2D eigenvalue weighted by Gasteiger charge is -2.57. The van der Waals surface area contributed by atoms with Crippen LogP contribution in [0.5, 0.6) is 0 Å². The van der Waals surface area contributed by atoms with Crippen LogP contribution in [-0.2, 0) is 9.47 Å². The maximum Gasteiger partial charge on any atom is 0.134 e. The third kappa shape index (κ3) is 2.86. The minimum atomic E-state index is 0.201. The molecule has 6 heteroatoms. The zero-order valence-corrected chi connectivity index (χ0v) is 14.5. The fourth-order valence-corrected chi connectivity index (χ4v) is 4.53. The van der Waals surface area contributed by atoms with Crippen molar-refractivity contribution < 1.29 is 9.47 Å².